The molecule has 0 atom stereocenters. The number of hydrogen-bond donors (Lipinski definition) is 1. The molecule has 0 radical (unpaired) electrons. The highest BCUT2D eigenvalue weighted by Gasteiger charge is 2.14. The minimum Gasteiger partial charge on any atom is -0.495 e. The third-order valence-electron chi connectivity index (χ3n) is 2.87. The van der Waals surface area contributed by atoms with E-state index in [1.807, 2.05) is 6.07 Å². The number of ether oxygens (including phenoxy) is 2. The molecule has 0 spiro atoms. The summed E-state index contributed by atoms with van der Waals surface area (Å²) in [7, 11) is -2.90. The molecule has 1 N–H and O–H groups in total. The fraction of sp³-hybridized carbons (Fsp3) is 0.133. The van der Waals surface area contributed by atoms with Gasteiger partial charge in [-0.25, -0.2) is 0 Å². The van der Waals surface area contributed by atoms with Crippen LogP contribution in [-0.4, -0.2) is 20.1 Å². The third-order valence-corrected chi connectivity index (χ3v) is 3.70. The largest absolute Gasteiger partial charge is 0.495 e. The van der Waals surface area contributed by atoms with E-state index in [-0.39, 0.29) is 22.0 Å². The molecule has 0 fully saturated rings. The number of methoxy groups -OCH3 is 1. The van der Waals surface area contributed by atoms with Crippen LogP contribution in [0.15, 0.2) is 41.3 Å². The van der Waals surface area contributed by atoms with Gasteiger partial charge in [0.2, 0.25) is 0 Å². The van der Waals surface area contributed by atoms with Crippen LogP contribution in [0.1, 0.15) is 11.1 Å². The first-order chi connectivity index (χ1) is 10.3. The van der Waals surface area contributed by atoms with Crippen LogP contribution in [0.4, 0.5) is 0 Å². The normalized spacial score (nSPS) is 10.8. The van der Waals surface area contributed by atoms with Crippen molar-refractivity contribution in [2.45, 2.75) is 11.8 Å². The fourth-order valence-corrected chi connectivity index (χ4v) is 2.53. The molecule has 0 saturated heterocycles. The van der Waals surface area contributed by atoms with Gasteiger partial charge in [0, 0.05) is 6.07 Å². The molecule has 2 aromatic rings. The fourth-order valence-electron chi connectivity index (χ4n) is 1.93. The highest BCUT2D eigenvalue weighted by molar-refractivity contribution is 7.85. The van der Waals surface area contributed by atoms with E-state index in [0.29, 0.717) is 11.3 Å². The first-order valence-corrected chi connectivity index (χ1v) is 7.63. The van der Waals surface area contributed by atoms with Gasteiger partial charge in [0.05, 0.1) is 12.0 Å². The van der Waals surface area contributed by atoms with Gasteiger partial charge in [-0.1, -0.05) is 6.07 Å². The van der Waals surface area contributed by atoms with Crippen LogP contribution in [0.25, 0.3) is 0 Å². The van der Waals surface area contributed by atoms with Crippen molar-refractivity contribution >= 4 is 10.1 Å². The van der Waals surface area contributed by atoms with E-state index in [1.54, 1.807) is 31.2 Å². The second-order valence-electron chi connectivity index (χ2n) is 4.50. The molecule has 2 rings (SSSR count). The minimum atomic E-state index is -4.34. The molecule has 0 amide bonds. The van der Waals surface area contributed by atoms with Crippen molar-refractivity contribution in [1.29, 1.82) is 5.26 Å². The molecule has 114 valence electrons. The number of nitriles is 1. The van der Waals surface area contributed by atoms with Crippen molar-refractivity contribution in [3.8, 4) is 23.3 Å². The van der Waals surface area contributed by atoms with Gasteiger partial charge in [-0.15, -0.1) is 0 Å². The van der Waals surface area contributed by atoms with Gasteiger partial charge in [0.15, 0.2) is 0 Å². The summed E-state index contributed by atoms with van der Waals surface area (Å²) in [6.45, 7) is 1.67. The third kappa shape index (κ3) is 3.36. The summed E-state index contributed by atoms with van der Waals surface area (Å²) in [4.78, 5) is -0.274. The zero-order chi connectivity index (χ0) is 16.3. The van der Waals surface area contributed by atoms with Crippen molar-refractivity contribution in [3.63, 3.8) is 0 Å². The summed E-state index contributed by atoms with van der Waals surface area (Å²) in [6.07, 6.45) is 0. The molecule has 0 saturated carbocycles. The number of aryl methyl sites for hydroxylation is 1. The molecule has 6 nitrogen and oxygen atoms in total. The molecular weight excluding hydrogens is 306 g/mol. The van der Waals surface area contributed by atoms with E-state index >= 15 is 0 Å². The van der Waals surface area contributed by atoms with Crippen LogP contribution < -0.4 is 9.47 Å². The average molecular weight is 319 g/mol. The van der Waals surface area contributed by atoms with Crippen molar-refractivity contribution in [3.05, 3.63) is 47.5 Å². The number of benzene rings is 2. The molecule has 0 unspecified atom stereocenters. The Morgan fingerprint density at radius 1 is 1.18 bits per heavy atom. The molecule has 0 bridgehead atoms. The monoisotopic (exact) mass is 319 g/mol. The van der Waals surface area contributed by atoms with Crippen LogP contribution in [-0.2, 0) is 10.1 Å². The van der Waals surface area contributed by atoms with Crippen molar-refractivity contribution < 1.29 is 22.4 Å². The van der Waals surface area contributed by atoms with Gasteiger partial charge < -0.3 is 9.47 Å². The maximum absolute atomic E-state index is 11.2. The van der Waals surface area contributed by atoms with E-state index in [1.165, 1.54) is 19.2 Å². The first kappa shape index (κ1) is 15.8. The molecule has 0 heterocycles. The highest BCUT2D eigenvalue weighted by Crippen LogP contribution is 2.32. The highest BCUT2D eigenvalue weighted by atomic mass is 32.2. The lowest BCUT2D eigenvalue weighted by Crippen LogP contribution is -1.99. The molecule has 0 aliphatic heterocycles. The van der Waals surface area contributed by atoms with Crippen LogP contribution in [0.2, 0.25) is 0 Å². The topological polar surface area (TPSA) is 96.6 Å². The number of rotatable bonds is 4. The maximum atomic E-state index is 11.2. The van der Waals surface area contributed by atoms with Gasteiger partial charge in [-0.3, -0.25) is 4.55 Å². The van der Waals surface area contributed by atoms with E-state index in [4.69, 9.17) is 14.0 Å². The van der Waals surface area contributed by atoms with Gasteiger partial charge in [-0.05, 0) is 36.8 Å². The van der Waals surface area contributed by atoms with E-state index < -0.39 is 10.1 Å². The Kier molecular flexibility index (Phi) is 4.35. The van der Waals surface area contributed by atoms with Crippen LogP contribution in [0, 0.1) is 18.3 Å². The van der Waals surface area contributed by atoms with Crippen molar-refractivity contribution in [1.82, 2.24) is 0 Å². The van der Waals surface area contributed by atoms with Gasteiger partial charge in [0.1, 0.15) is 28.9 Å². The lowest BCUT2D eigenvalue weighted by Gasteiger charge is -2.11. The van der Waals surface area contributed by atoms with Gasteiger partial charge in [0.25, 0.3) is 10.1 Å². The molecule has 0 aliphatic carbocycles. The lowest BCUT2D eigenvalue weighted by atomic mass is 10.2. The zero-order valence-electron chi connectivity index (χ0n) is 11.9. The Labute approximate surface area is 128 Å². The zero-order valence-corrected chi connectivity index (χ0v) is 12.7. The smallest absolute Gasteiger partial charge is 0.294 e. The number of nitrogens with zero attached hydrogens (tertiary/aromatic N) is 1. The average Bonchev–Trinajstić information content (AvgIpc) is 2.45. The standard InChI is InChI=1S/C15H13NO5S/c1-10-6-11(8-12(7-10)22(17,18)19)21-15-5-3-4-14(20-2)13(15)9-16/h3-8H,1-2H3,(H,17,18,19). The predicted octanol–water partition coefficient (Wildman–Crippen LogP) is 2.91. The molecule has 22 heavy (non-hydrogen) atoms. The summed E-state index contributed by atoms with van der Waals surface area (Å²) in [5.74, 6) is 0.772. The molecule has 0 aromatic heterocycles. The first-order valence-electron chi connectivity index (χ1n) is 6.19. The summed E-state index contributed by atoms with van der Waals surface area (Å²) in [6, 6.07) is 10.9. The van der Waals surface area contributed by atoms with Crippen LogP contribution in [0.5, 0.6) is 17.2 Å². The Morgan fingerprint density at radius 2 is 1.86 bits per heavy atom. The van der Waals surface area contributed by atoms with E-state index in [2.05, 4.69) is 0 Å². The second-order valence-corrected chi connectivity index (χ2v) is 5.93. The van der Waals surface area contributed by atoms with Gasteiger partial charge in [-0.2, -0.15) is 13.7 Å². The number of hydrogen-bond acceptors (Lipinski definition) is 5. The van der Waals surface area contributed by atoms with Crippen molar-refractivity contribution in [2.24, 2.45) is 0 Å². The quantitative estimate of drug-likeness (QED) is 0.870. The van der Waals surface area contributed by atoms with Crippen LogP contribution >= 0.6 is 0 Å². The SMILES string of the molecule is COc1cccc(Oc2cc(C)cc(S(=O)(=O)O)c2)c1C#N. The Bertz CT molecular complexity index is 853. The Balaban J connectivity index is 2.49. The lowest BCUT2D eigenvalue weighted by molar-refractivity contribution is 0.407. The maximum Gasteiger partial charge on any atom is 0.294 e. The molecular formula is C15H13NO5S. The minimum absolute atomic E-state index is 0.192. The Hall–Kier alpha value is -2.56. The summed E-state index contributed by atoms with van der Waals surface area (Å²) in [5, 5.41) is 9.20. The van der Waals surface area contributed by atoms with E-state index in [0.717, 1.165) is 0 Å². The molecule has 7 heteroatoms. The Morgan fingerprint density at radius 3 is 2.45 bits per heavy atom. The molecule has 0 aliphatic rings. The van der Waals surface area contributed by atoms with Gasteiger partial charge >= 0.3 is 0 Å². The summed E-state index contributed by atoms with van der Waals surface area (Å²) in [5.41, 5.74) is 0.784. The second kappa shape index (κ2) is 6.05. The van der Waals surface area contributed by atoms with Crippen molar-refractivity contribution in [2.75, 3.05) is 7.11 Å². The molecule has 2 aromatic carbocycles. The summed E-state index contributed by atoms with van der Waals surface area (Å²) < 4.78 is 42.3. The van der Waals surface area contributed by atoms with E-state index in [9.17, 15) is 13.7 Å². The van der Waals surface area contributed by atoms with Crippen LogP contribution in [0.3, 0.4) is 0 Å². The predicted molar refractivity (Wildman–Crippen MR) is 78.8 cm³/mol. The summed E-state index contributed by atoms with van der Waals surface area (Å²) >= 11 is 0.